The van der Waals surface area contributed by atoms with E-state index in [1.165, 1.54) is 6.33 Å². The van der Waals surface area contributed by atoms with Gasteiger partial charge in [0.05, 0.1) is 23.8 Å². The Hall–Kier alpha value is -3.03. The first-order valence-electron chi connectivity index (χ1n) is 9.25. The van der Waals surface area contributed by atoms with Crippen molar-refractivity contribution in [3.8, 4) is 11.1 Å². The predicted octanol–water partition coefficient (Wildman–Crippen LogP) is 1.38. The van der Waals surface area contributed by atoms with Crippen LogP contribution in [-0.2, 0) is 0 Å². The van der Waals surface area contributed by atoms with E-state index in [1.54, 1.807) is 18.2 Å². The van der Waals surface area contributed by atoms with Gasteiger partial charge in [-0.3, -0.25) is 14.5 Å². The molecule has 0 saturated carbocycles. The number of benzene rings is 2. The molecule has 144 valence electrons. The highest BCUT2D eigenvalue weighted by Gasteiger charge is 2.29. The Kier molecular flexibility index (Phi) is 4.93. The molecule has 0 radical (unpaired) electrons. The van der Waals surface area contributed by atoms with Gasteiger partial charge in [-0.1, -0.05) is 18.2 Å². The Labute approximate surface area is 162 Å². The maximum absolute atomic E-state index is 12.7. The number of H-pyrrole nitrogens is 1. The molecule has 1 aliphatic heterocycles. The molecule has 0 bridgehead atoms. The standard InChI is InChI=1S/C21H22N4O3/c1-25-10-16(9-17(25)11-26)24-20(27)15-4-2-3-13(7-15)14-5-6-19-18(8-14)21(28)23-12-22-19/h2-8,12,16-17,26H,9-11H2,1H3,(H,24,27)(H,22,23,28)/t16-,17+/m1/s1. The van der Waals surface area contributed by atoms with Crippen LogP contribution in [0.1, 0.15) is 16.8 Å². The summed E-state index contributed by atoms with van der Waals surface area (Å²) in [6, 6.07) is 12.9. The first-order valence-corrected chi connectivity index (χ1v) is 9.25. The molecule has 2 aromatic carbocycles. The molecule has 7 heteroatoms. The number of rotatable bonds is 4. The van der Waals surface area contributed by atoms with Gasteiger partial charge in [0, 0.05) is 24.2 Å². The van der Waals surface area contributed by atoms with Crippen LogP contribution in [-0.4, -0.2) is 58.2 Å². The van der Waals surface area contributed by atoms with E-state index in [0.29, 0.717) is 16.5 Å². The van der Waals surface area contributed by atoms with Crippen LogP contribution >= 0.6 is 0 Å². The van der Waals surface area contributed by atoms with Crippen molar-refractivity contribution in [2.45, 2.75) is 18.5 Å². The number of aliphatic hydroxyl groups is 1. The number of likely N-dealkylation sites (N-methyl/N-ethyl adjacent to an activating group) is 1. The fourth-order valence-corrected chi connectivity index (χ4v) is 3.76. The van der Waals surface area contributed by atoms with E-state index in [2.05, 4.69) is 20.2 Å². The molecule has 4 rings (SSSR count). The lowest BCUT2D eigenvalue weighted by molar-refractivity contribution is 0.0938. The third-order valence-electron chi connectivity index (χ3n) is 5.33. The lowest BCUT2D eigenvalue weighted by atomic mass is 10.0. The Morgan fingerprint density at radius 2 is 2.11 bits per heavy atom. The molecule has 2 atom stereocenters. The first kappa shape index (κ1) is 18.3. The number of aromatic nitrogens is 2. The molecule has 3 aromatic rings. The van der Waals surface area contributed by atoms with Gasteiger partial charge in [0.15, 0.2) is 0 Å². The predicted molar refractivity (Wildman–Crippen MR) is 107 cm³/mol. The summed E-state index contributed by atoms with van der Waals surface area (Å²) in [6.07, 6.45) is 2.12. The zero-order chi connectivity index (χ0) is 19.7. The van der Waals surface area contributed by atoms with E-state index in [4.69, 9.17) is 0 Å². The molecule has 3 N–H and O–H groups in total. The van der Waals surface area contributed by atoms with E-state index < -0.39 is 0 Å². The third-order valence-corrected chi connectivity index (χ3v) is 5.33. The third kappa shape index (κ3) is 3.54. The van der Waals surface area contributed by atoms with Crippen molar-refractivity contribution >= 4 is 16.8 Å². The van der Waals surface area contributed by atoms with Crippen molar-refractivity contribution < 1.29 is 9.90 Å². The summed E-state index contributed by atoms with van der Waals surface area (Å²) < 4.78 is 0. The van der Waals surface area contributed by atoms with E-state index in [0.717, 1.165) is 24.1 Å². The van der Waals surface area contributed by atoms with Gasteiger partial charge in [-0.15, -0.1) is 0 Å². The minimum atomic E-state index is -0.190. The van der Waals surface area contributed by atoms with Crippen LogP contribution in [0.5, 0.6) is 0 Å². The first-order chi connectivity index (χ1) is 13.5. The molecule has 0 aliphatic carbocycles. The van der Waals surface area contributed by atoms with Crippen molar-refractivity contribution in [2.75, 3.05) is 20.2 Å². The number of carbonyl (C=O) groups excluding carboxylic acids is 1. The number of aromatic amines is 1. The molecule has 0 unspecified atom stereocenters. The number of hydrogen-bond acceptors (Lipinski definition) is 5. The summed E-state index contributed by atoms with van der Waals surface area (Å²) in [7, 11) is 1.95. The Morgan fingerprint density at radius 3 is 2.89 bits per heavy atom. The number of fused-ring (bicyclic) bond motifs is 1. The van der Waals surface area contributed by atoms with Crippen LogP contribution in [0.4, 0.5) is 0 Å². The van der Waals surface area contributed by atoms with Crippen LogP contribution in [0.25, 0.3) is 22.0 Å². The van der Waals surface area contributed by atoms with Crippen molar-refractivity contribution in [3.63, 3.8) is 0 Å². The SMILES string of the molecule is CN1C[C@H](NC(=O)c2cccc(-c3ccc4nc[nH]c(=O)c4c3)c2)C[C@H]1CO. The summed E-state index contributed by atoms with van der Waals surface area (Å²) in [5.74, 6) is -0.140. The van der Waals surface area contributed by atoms with Crippen LogP contribution < -0.4 is 10.9 Å². The largest absolute Gasteiger partial charge is 0.395 e. The Morgan fingerprint density at radius 1 is 1.29 bits per heavy atom. The van der Waals surface area contributed by atoms with Gasteiger partial charge in [-0.05, 0) is 48.9 Å². The monoisotopic (exact) mass is 378 g/mol. The fourth-order valence-electron chi connectivity index (χ4n) is 3.76. The summed E-state index contributed by atoms with van der Waals surface area (Å²) in [4.78, 5) is 33.5. The highest BCUT2D eigenvalue weighted by Crippen LogP contribution is 2.23. The van der Waals surface area contributed by atoms with E-state index in [1.807, 2.05) is 31.3 Å². The topological polar surface area (TPSA) is 98.3 Å². The molecule has 7 nitrogen and oxygen atoms in total. The fraction of sp³-hybridized carbons (Fsp3) is 0.286. The van der Waals surface area contributed by atoms with Gasteiger partial charge >= 0.3 is 0 Å². The number of aliphatic hydroxyl groups excluding tert-OH is 1. The number of hydrogen-bond donors (Lipinski definition) is 3. The maximum atomic E-state index is 12.7. The summed E-state index contributed by atoms with van der Waals surface area (Å²) in [6.45, 7) is 0.811. The van der Waals surface area contributed by atoms with E-state index >= 15 is 0 Å². The van der Waals surface area contributed by atoms with Crippen LogP contribution in [0.15, 0.2) is 53.6 Å². The highest BCUT2D eigenvalue weighted by molar-refractivity contribution is 5.96. The summed E-state index contributed by atoms with van der Waals surface area (Å²) in [5, 5.41) is 12.9. The zero-order valence-corrected chi connectivity index (χ0v) is 15.6. The van der Waals surface area contributed by atoms with Gasteiger partial charge < -0.3 is 15.4 Å². The van der Waals surface area contributed by atoms with Gasteiger partial charge in [0.2, 0.25) is 0 Å². The van der Waals surface area contributed by atoms with Crippen LogP contribution in [0.2, 0.25) is 0 Å². The number of carbonyl (C=O) groups is 1. The maximum Gasteiger partial charge on any atom is 0.258 e. The molecule has 1 amide bonds. The van der Waals surface area contributed by atoms with Gasteiger partial charge in [0.1, 0.15) is 0 Å². The quantitative estimate of drug-likeness (QED) is 0.637. The molecule has 1 aliphatic rings. The van der Waals surface area contributed by atoms with E-state index in [9.17, 15) is 14.7 Å². The van der Waals surface area contributed by atoms with Gasteiger partial charge in [-0.25, -0.2) is 4.98 Å². The average molecular weight is 378 g/mol. The number of amides is 1. The zero-order valence-electron chi connectivity index (χ0n) is 15.6. The minimum Gasteiger partial charge on any atom is -0.395 e. The highest BCUT2D eigenvalue weighted by atomic mass is 16.3. The molecular weight excluding hydrogens is 356 g/mol. The smallest absolute Gasteiger partial charge is 0.258 e. The second kappa shape index (κ2) is 7.53. The van der Waals surface area contributed by atoms with Crippen molar-refractivity contribution in [1.29, 1.82) is 0 Å². The van der Waals surface area contributed by atoms with Crippen molar-refractivity contribution in [2.24, 2.45) is 0 Å². The second-order valence-corrected chi connectivity index (χ2v) is 7.23. The van der Waals surface area contributed by atoms with Crippen LogP contribution in [0.3, 0.4) is 0 Å². The van der Waals surface area contributed by atoms with Gasteiger partial charge in [0.25, 0.3) is 11.5 Å². The molecule has 2 heterocycles. The summed E-state index contributed by atoms with van der Waals surface area (Å²) in [5.41, 5.74) is 2.71. The Balaban J connectivity index is 1.57. The Bertz CT molecular complexity index is 1080. The number of likely N-dealkylation sites (tertiary alicyclic amines) is 1. The van der Waals surface area contributed by atoms with Gasteiger partial charge in [-0.2, -0.15) is 0 Å². The lowest BCUT2D eigenvalue weighted by Crippen LogP contribution is -2.36. The second-order valence-electron chi connectivity index (χ2n) is 7.23. The van der Waals surface area contributed by atoms with Crippen LogP contribution in [0, 0.1) is 0 Å². The number of nitrogens with one attached hydrogen (secondary N) is 2. The summed E-state index contributed by atoms with van der Waals surface area (Å²) >= 11 is 0. The van der Waals surface area contributed by atoms with Crippen molar-refractivity contribution in [1.82, 2.24) is 20.2 Å². The lowest BCUT2D eigenvalue weighted by Gasteiger charge is -2.15. The average Bonchev–Trinajstić information content (AvgIpc) is 3.07. The number of nitrogens with zero attached hydrogens (tertiary/aromatic N) is 2. The molecule has 0 spiro atoms. The molecule has 28 heavy (non-hydrogen) atoms. The molecular formula is C21H22N4O3. The molecule has 1 fully saturated rings. The minimum absolute atomic E-state index is 0.0172. The normalized spacial score (nSPS) is 19.8. The van der Waals surface area contributed by atoms with Crippen molar-refractivity contribution in [3.05, 3.63) is 64.7 Å². The molecule has 1 aromatic heterocycles. The molecule has 1 saturated heterocycles. The van der Waals surface area contributed by atoms with E-state index in [-0.39, 0.29) is 30.2 Å².